The highest BCUT2D eigenvalue weighted by Gasteiger charge is 2.00. The van der Waals surface area contributed by atoms with Gasteiger partial charge in [-0.15, -0.1) is 6.58 Å². The van der Waals surface area contributed by atoms with E-state index in [0.29, 0.717) is 13.0 Å². The molecule has 0 saturated heterocycles. The van der Waals surface area contributed by atoms with Gasteiger partial charge in [0.05, 0.1) is 6.61 Å². The molecule has 0 atom stereocenters. The van der Waals surface area contributed by atoms with E-state index in [9.17, 15) is 4.79 Å². The Morgan fingerprint density at radius 1 is 1.29 bits per heavy atom. The van der Waals surface area contributed by atoms with Gasteiger partial charge < -0.3 is 4.74 Å². The molecule has 2 nitrogen and oxygen atoms in total. The summed E-state index contributed by atoms with van der Waals surface area (Å²) in [7, 11) is 0. The quantitative estimate of drug-likeness (QED) is 0.322. The topological polar surface area (TPSA) is 26.3 Å². The Labute approximate surface area is 87.3 Å². The van der Waals surface area contributed by atoms with Crippen molar-refractivity contribution < 1.29 is 9.53 Å². The number of esters is 1. The number of hydrogen-bond donors (Lipinski definition) is 0. The third-order valence-corrected chi connectivity index (χ3v) is 2.05. The summed E-state index contributed by atoms with van der Waals surface area (Å²) in [6, 6.07) is 0. The number of unbranched alkanes of at least 4 members (excludes halogenated alkanes) is 4. The standard InChI is InChI=1S/C12H22O2/c1-3-5-7-8-10-12(13)14-11-9-6-4-2/h3H,1,4-11H2,2H3. The highest BCUT2D eigenvalue weighted by Crippen LogP contribution is 2.02. The summed E-state index contributed by atoms with van der Waals surface area (Å²) in [5, 5.41) is 0. The minimum absolute atomic E-state index is 0.0508. The molecule has 0 aromatic heterocycles. The van der Waals surface area contributed by atoms with Gasteiger partial charge in [-0.05, 0) is 25.7 Å². The van der Waals surface area contributed by atoms with Gasteiger partial charge >= 0.3 is 5.97 Å². The van der Waals surface area contributed by atoms with Crippen molar-refractivity contribution in [1.29, 1.82) is 0 Å². The number of allylic oxidation sites excluding steroid dienone is 1. The molecule has 82 valence electrons. The fraction of sp³-hybridized carbons (Fsp3) is 0.750. The normalized spacial score (nSPS) is 9.79. The summed E-state index contributed by atoms with van der Waals surface area (Å²) in [5.41, 5.74) is 0. The van der Waals surface area contributed by atoms with Gasteiger partial charge in [0.15, 0.2) is 0 Å². The predicted molar refractivity (Wildman–Crippen MR) is 59.1 cm³/mol. The predicted octanol–water partition coefficient (Wildman–Crippen LogP) is 3.47. The van der Waals surface area contributed by atoms with E-state index >= 15 is 0 Å². The summed E-state index contributed by atoms with van der Waals surface area (Å²) in [6.45, 7) is 6.36. The second-order valence-corrected chi connectivity index (χ2v) is 3.46. The second kappa shape index (κ2) is 10.3. The van der Waals surface area contributed by atoms with Crippen molar-refractivity contribution in [3.63, 3.8) is 0 Å². The van der Waals surface area contributed by atoms with Crippen molar-refractivity contribution in [2.24, 2.45) is 0 Å². The van der Waals surface area contributed by atoms with Crippen LogP contribution in [0.15, 0.2) is 12.7 Å². The Morgan fingerprint density at radius 2 is 2.07 bits per heavy atom. The molecule has 0 bridgehead atoms. The van der Waals surface area contributed by atoms with Gasteiger partial charge in [-0.3, -0.25) is 4.79 Å². The smallest absolute Gasteiger partial charge is 0.305 e. The third kappa shape index (κ3) is 9.30. The van der Waals surface area contributed by atoms with Crippen molar-refractivity contribution in [1.82, 2.24) is 0 Å². The number of carbonyl (C=O) groups is 1. The van der Waals surface area contributed by atoms with Gasteiger partial charge in [0.2, 0.25) is 0 Å². The molecule has 0 radical (unpaired) electrons. The maximum Gasteiger partial charge on any atom is 0.305 e. The molecule has 2 heteroatoms. The maximum atomic E-state index is 11.1. The lowest BCUT2D eigenvalue weighted by Crippen LogP contribution is -2.05. The molecule has 0 saturated carbocycles. The zero-order valence-electron chi connectivity index (χ0n) is 9.26. The van der Waals surface area contributed by atoms with Crippen LogP contribution in [-0.2, 0) is 9.53 Å². The summed E-state index contributed by atoms with van der Waals surface area (Å²) in [5.74, 6) is -0.0508. The summed E-state index contributed by atoms with van der Waals surface area (Å²) < 4.78 is 5.06. The fourth-order valence-electron chi connectivity index (χ4n) is 1.17. The van der Waals surface area contributed by atoms with Crippen molar-refractivity contribution in [2.45, 2.75) is 51.9 Å². The molecule has 0 fully saturated rings. The van der Waals surface area contributed by atoms with E-state index in [1.54, 1.807) is 0 Å². The van der Waals surface area contributed by atoms with Gasteiger partial charge in [0.1, 0.15) is 0 Å². The van der Waals surface area contributed by atoms with Gasteiger partial charge in [0, 0.05) is 6.42 Å². The first-order valence-electron chi connectivity index (χ1n) is 5.57. The summed E-state index contributed by atoms with van der Waals surface area (Å²) in [6.07, 6.45) is 8.68. The minimum atomic E-state index is -0.0508. The van der Waals surface area contributed by atoms with Crippen LogP contribution in [0.2, 0.25) is 0 Å². The monoisotopic (exact) mass is 198 g/mol. The highest BCUT2D eigenvalue weighted by atomic mass is 16.5. The lowest BCUT2D eigenvalue weighted by atomic mass is 10.2. The van der Waals surface area contributed by atoms with Gasteiger partial charge in [0.25, 0.3) is 0 Å². The van der Waals surface area contributed by atoms with Crippen molar-refractivity contribution in [3.8, 4) is 0 Å². The largest absolute Gasteiger partial charge is 0.466 e. The number of hydrogen-bond acceptors (Lipinski definition) is 2. The van der Waals surface area contributed by atoms with Gasteiger partial charge in [-0.2, -0.15) is 0 Å². The van der Waals surface area contributed by atoms with Crippen LogP contribution in [0.5, 0.6) is 0 Å². The van der Waals surface area contributed by atoms with Crippen molar-refractivity contribution >= 4 is 5.97 Å². The molecule has 14 heavy (non-hydrogen) atoms. The number of ether oxygens (including phenoxy) is 1. The van der Waals surface area contributed by atoms with E-state index in [2.05, 4.69) is 13.5 Å². The molecule has 0 spiro atoms. The molecule has 0 aliphatic rings. The van der Waals surface area contributed by atoms with Crippen LogP contribution in [-0.4, -0.2) is 12.6 Å². The van der Waals surface area contributed by atoms with Crippen LogP contribution >= 0.6 is 0 Å². The highest BCUT2D eigenvalue weighted by molar-refractivity contribution is 5.69. The molecule has 0 unspecified atom stereocenters. The lowest BCUT2D eigenvalue weighted by Gasteiger charge is -2.03. The first-order valence-corrected chi connectivity index (χ1v) is 5.57. The van der Waals surface area contributed by atoms with Crippen LogP contribution < -0.4 is 0 Å². The van der Waals surface area contributed by atoms with Crippen molar-refractivity contribution in [2.75, 3.05) is 6.61 Å². The Hall–Kier alpha value is -0.790. The molecule has 0 aliphatic carbocycles. The third-order valence-electron chi connectivity index (χ3n) is 2.05. The lowest BCUT2D eigenvalue weighted by molar-refractivity contribution is -0.143. The average molecular weight is 198 g/mol. The van der Waals surface area contributed by atoms with E-state index in [4.69, 9.17) is 4.74 Å². The van der Waals surface area contributed by atoms with Crippen LogP contribution in [0.25, 0.3) is 0 Å². The molecule has 0 aromatic carbocycles. The van der Waals surface area contributed by atoms with Crippen molar-refractivity contribution in [3.05, 3.63) is 12.7 Å². The van der Waals surface area contributed by atoms with Crippen LogP contribution in [0, 0.1) is 0 Å². The van der Waals surface area contributed by atoms with E-state index < -0.39 is 0 Å². The summed E-state index contributed by atoms with van der Waals surface area (Å²) in [4.78, 5) is 11.1. The second-order valence-electron chi connectivity index (χ2n) is 3.46. The Bertz CT molecular complexity index is 152. The van der Waals surface area contributed by atoms with Gasteiger partial charge in [-0.1, -0.05) is 25.8 Å². The zero-order chi connectivity index (χ0) is 10.6. The van der Waals surface area contributed by atoms with E-state index in [1.165, 1.54) is 0 Å². The van der Waals surface area contributed by atoms with Crippen LogP contribution in [0.1, 0.15) is 51.9 Å². The molecule has 0 aliphatic heterocycles. The zero-order valence-corrected chi connectivity index (χ0v) is 9.26. The Balaban J connectivity index is 3.15. The molecule has 0 N–H and O–H groups in total. The maximum absolute atomic E-state index is 11.1. The van der Waals surface area contributed by atoms with Crippen LogP contribution in [0.4, 0.5) is 0 Å². The number of rotatable bonds is 9. The molecule has 0 aromatic rings. The van der Waals surface area contributed by atoms with E-state index in [1.807, 2.05) is 6.08 Å². The minimum Gasteiger partial charge on any atom is -0.466 e. The molecule has 0 heterocycles. The Kier molecular flexibility index (Phi) is 9.71. The number of carbonyl (C=O) groups excluding carboxylic acids is 1. The van der Waals surface area contributed by atoms with E-state index in [-0.39, 0.29) is 5.97 Å². The first-order chi connectivity index (χ1) is 6.81. The SMILES string of the molecule is C=CCCCCC(=O)OCCCCC. The average Bonchev–Trinajstić information content (AvgIpc) is 2.19. The molecule has 0 rings (SSSR count). The van der Waals surface area contributed by atoms with Crippen LogP contribution in [0.3, 0.4) is 0 Å². The first kappa shape index (κ1) is 13.2. The summed E-state index contributed by atoms with van der Waals surface area (Å²) >= 11 is 0. The fourth-order valence-corrected chi connectivity index (χ4v) is 1.17. The molecular weight excluding hydrogens is 176 g/mol. The van der Waals surface area contributed by atoms with Gasteiger partial charge in [-0.25, -0.2) is 0 Å². The van der Waals surface area contributed by atoms with E-state index in [0.717, 1.165) is 38.5 Å². The molecule has 0 amide bonds. The Morgan fingerprint density at radius 3 is 2.71 bits per heavy atom. The molecular formula is C12H22O2.